The molecule has 1 aliphatic rings. The average Bonchev–Trinajstić information content (AvgIpc) is 2.93. The predicted octanol–water partition coefficient (Wildman–Crippen LogP) is 9.25. The number of unbranched alkanes of at least 4 members (excludes halogenated alkanes) is 4. The van der Waals surface area contributed by atoms with Crippen LogP contribution in [-0.4, -0.2) is 30.6 Å². The van der Waals surface area contributed by atoms with Crippen molar-refractivity contribution in [1.29, 1.82) is 0 Å². The Morgan fingerprint density at radius 1 is 0.842 bits per heavy atom. The van der Waals surface area contributed by atoms with Gasteiger partial charge >= 0.3 is 5.97 Å². The lowest BCUT2D eigenvalue weighted by Gasteiger charge is -2.35. The van der Waals surface area contributed by atoms with E-state index in [-0.39, 0.29) is 11.4 Å². The quantitative estimate of drug-likeness (QED) is 0.0922. The van der Waals surface area contributed by atoms with E-state index in [4.69, 9.17) is 9.47 Å². The molecule has 0 unspecified atom stereocenters. The summed E-state index contributed by atoms with van der Waals surface area (Å²) in [7, 11) is -1.04. The molecular formula is C32H50N2O3Si. The molecule has 0 saturated heterocycles. The summed E-state index contributed by atoms with van der Waals surface area (Å²) in [6.07, 6.45) is 18.2. The molecule has 1 aromatic carbocycles. The molecule has 1 heterocycles. The van der Waals surface area contributed by atoms with E-state index in [1.807, 2.05) is 24.3 Å². The average molecular weight is 539 g/mol. The summed E-state index contributed by atoms with van der Waals surface area (Å²) in [4.78, 5) is 22.2. The lowest BCUT2D eigenvalue weighted by Crippen LogP contribution is -2.37. The van der Waals surface area contributed by atoms with Gasteiger partial charge in [0.05, 0.1) is 24.4 Å². The molecule has 0 spiro atoms. The fraction of sp³-hybridized carbons (Fsp3) is 0.656. The fourth-order valence-corrected chi connectivity index (χ4v) is 8.37. The Morgan fingerprint density at radius 2 is 1.50 bits per heavy atom. The molecule has 210 valence electrons. The summed E-state index contributed by atoms with van der Waals surface area (Å²) in [5.74, 6) is 1.90. The summed E-state index contributed by atoms with van der Waals surface area (Å²) in [5.41, 5.74) is 0.587. The van der Waals surface area contributed by atoms with Crippen molar-refractivity contribution in [3.05, 3.63) is 36.7 Å². The molecule has 1 aromatic heterocycles. The summed E-state index contributed by atoms with van der Waals surface area (Å²) < 4.78 is 11.8. The van der Waals surface area contributed by atoms with Gasteiger partial charge in [0.2, 0.25) is 0 Å². The van der Waals surface area contributed by atoms with Gasteiger partial charge < -0.3 is 9.47 Å². The van der Waals surface area contributed by atoms with Gasteiger partial charge in [0.15, 0.2) is 11.6 Å². The van der Waals surface area contributed by atoms with Crippen LogP contribution in [0.25, 0.3) is 11.4 Å². The Hall–Kier alpha value is -2.21. The zero-order valence-electron chi connectivity index (χ0n) is 24.4. The van der Waals surface area contributed by atoms with Crippen LogP contribution in [0, 0.1) is 5.41 Å². The van der Waals surface area contributed by atoms with Crippen LogP contribution in [0.4, 0.5) is 0 Å². The Kier molecular flexibility index (Phi) is 12.3. The minimum Gasteiger partial charge on any atom is -0.490 e. The van der Waals surface area contributed by atoms with Gasteiger partial charge in [-0.1, -0.05) is 96.8 Å². The van der Waals surface area contributed by atoms with Gasteiger partial charge in [-0.05, 0) is 49.9 Å². The molecule has 5 nitrogen and oxygen atoms in total. The SMILES string of the molecule is CCCCCC1(C(=O)Oc2ccc(-c3ncc(OCCCC[Si](C)(C)CCCC)cn3)cc2)CCCCC1. The molecule has 0 atom stereocenters. The first kappa shape index (κ1) is 30.3. The molecule has 1 aliphatic carbocycles. The minimum atomic E-state index is -1.04. The highest BCUT2D eigenvalue weighted by Crippen LogP contribution is 2.42. The zero-order valence-corrected chi connectivity index (χ0v) is 25.4. The van der Waals surface area contributed by atoms with Crippen molar-refractivity contribution in [3.63, 3.8) is 0 Å². The van der Waals surface area contributed by atoms with E-state index in [0.717, 1.165) is 50.5 Å². The first-order valence-corrected chi connectivity index (χ1v) is 18.6. The molecule has 0 radical (unpaired) electrons. The number of ether oxygens (including phenoxy) is 2. The topological polar surface area (TPSA) is 61.3 Å². The summed E-state index contributed by atoms with van der Waals surface area (Å²) in [6.45, 7) is 10.2. The third-order valence-electron chi connectivity index (χ3n) is 8.18. The maximum Gasteiger partial charge on any atom is 0.317 e. The Morgan fingerprint density at radius 3 is 2.16 bits per heavy atom. The molecule has 1 fully saturated rings. The van der Waals surface area contributed by atoms with Crippen LogP contribution in [0.3, 0.4) is 0 Å². The van der Waals surface area contributed by atoms with E-state index >= 15 is 0 Å². The van der Waals surface area contributed by atoms with E-state index in [1.54, 1.807) is 12.4 Å². The largest absolute Gasteiger partial charge is 0.490 e. The maximum atomic E-state index is 13.2. The van der Waals surface area contributed by atoms with Crippen LogP contribution in [0.5, 0.6) is 11.5 Å². The van der Waals surface area contributed by atoms with Crippen LogP contribution in [0.15, 0.2) is 36.7 Å². The van der Waals surface area contributed by atoms with Crippen LogP contribution >= 0.6 is 0 Å². The highest BCUT2D eigenvalue weighted by atomic mass is 28.3. The molecule has 0 amide bonds. The molecule has 38 heavy (non-hydrogen) atoms. The van der Waals surface area contributed by atoms with Crippen molar-refractivity contribution in [3.8, 4) is 22.9 Å². The fourth-order valence-electron chi connectivity index (χ4n) is 5.60. The van der Waals surface area contributed by atoms with Crippen molar-refractivity contribution in [2.24, 2.45) is 5.41 Å². The molecule has 2 aromatic rings. The van der Waals surface area contributed by atoms with Crippen molar-refractivity contribution in [2.45, 2.75) is 123 Å². The molecule has 0 bridgehead atoms. The third kappa shape index (κ3) is 9.51. The number of esters is 1. The number of nitrogens with zero attached hydrogens (tertiary/aromatic N) is 2. The number of hydrogen-bond acceptors (Lipinski definition) is 5. The van der Waals surface area contributed by atoms with E-state index in [0.29, 0.717) is 23.9 Å². The van der Waals surface area contributed by atoms with E-state index < -0.39 is 8.07 Å². The van der Waals surface area contributed by atoms with Gasteiger partial charge in [0.25, 0.3) is 0 Å². The molecule has 0 N–H and O–H groups in total. The van der Waals surface area contributed by atoms with Crippen LogP contribution in [-0.2, 0) is 4.79 Å². The zero-order chi connectivity index (χ0) is 27.3. The normalized spacial score (nSPS) is 15.3. The number of carbonyl (C=O) groups is 1. The first-order chi connectivity index (χ1) is 18.4. The molecule has 6 heteroatoms. The minimum absolute atomic E-state index is 0.0503. The van der Waals surface area contributed by atoms with E-state index in [9.17, 15) is 4.79 Å². The number of hydrogen-bond donors (Lipinski definition) is 0. The van der Waals surface area contributed by atoms with Crippen molar-refractivity contribution in [1.82, 2.24) is 9.97 Å². The number of carbonyl (C=O) groups excluding carboxylic acids is 1. The van der Waals surface area contributed by atoms with Gasteiger partial charge in [0, 0.05) is 13.6 Å². The number of aromatic nitrogens is 2. The van der Waals surface area contributed by atoms with Crippen molar-refractivity contribution >= 4 is 14.0 Å². The second-order valence-corrected chi connectivity index (χ2v) is 17.4. The van der Waals surface area contributed by atoms with Crippen molar-refractivity contribution < 1.29 is 14.3 Å². The maximum absolute atomic E-state index is 13.2. The van der Waals surface area contributed by atoms with E-state index in [2.05, 4.69) is 36.9 Å². The predicted molar refractivity (Wildman–Crippen MR) is 159 cm³/mol. The molecule has 1 saturated carbocycles. The third-order valence-corrected chi connectivity index (χ3v) is 11.6. The lowest BCUT2D eigenvalue weighted by molar-refractivity contribution is -0.148. The second-order valence-electron chi connectivity index (χ2n) is 12.0. The number of rotatable bonds is 16. The van der Waals surface area contributed by atoms with Gasteiger partial charge in [-0.15, -0.1) is 0 Å². The highest BCUT2D eigenvalue weighted by Gasteiger charge is 2.40. The standard InChI is InChI=1S/C32H50N2O3Si/c1-5-7-10-19-32(20-11-9-12-21-32)31(35)37-28-17-15-27(16-18-28)30-33-25-29(26-34-30)36-22-13-14-24-38(3,4)23-8-6-2/h15-18,25-26H,5-14,19-24H2,1-4H3. The highest BCUT2D eigenvalue weighted by molar-refractivity contribution is 6.77. The Labute approximate surface area is 232 Å². The van der Waals surface area contributed by atoms with Crippen molar-refractivity contribution in [2.75, 3.05) is 6.61 Å². The lowest BCUT2D eigenvalue weighted by atomic mass is 9.71. The molecular weight excluding hydrogens is 488 g/mol. The van der Waals surface area contributed by atoms with E-state index in [1.165, 1.54) is 50.6 Å². The van der Waals surface area contributed by atoms with Crippen LogP contribution in [0.1, 0.15) is 97.3 Å². The monoisotopic (exact) mass is 538 g/mol. The van der Waals surface area contributed by atoms with Gasteiger partial charge in [-0.2, -0.15) is 0 Å². The molecule has 3 rings (SSSR count). The second kappa shape index (κ2) is 15.4. The first-order valence-electron chi connectivity index (χ1n) is 15.1. The summed E-state index contributed by atoms with van der Waals surface area (Å²) in [6, 6.07) is 10.4. The summed E-state index contributed by atoms with van der Waals surface area (Å²) in [5, 5.41) is 0. The van der Waals surface area contributed by atoms with Crippen LogP contribution < -0.4 is 9.47 Å². The van der Waals surface area contributed by atoms with Gasteiger partial charge in [-0.3, -0.25) is 4.79 Å². The van der Waals surface area contributed by atoms with Gasteiger partial charge in [-0.25, -0.2) is 9.97 Å². The number of benzene rings is 1. The van der Waals surface area contributed by atoms with Gasteiger partial charge in [0.1, 0.15) is 5.75 Å². The Bertz CT molecular complexity index is 954. The smallest absolute Gasteiger partial charge is 0.317 e. The summed E-state index contributed by atoms with van der Waals surface area (Å²) >= 11 is 0. The van der Waals surface area contributed by atoms with Crippen LogP contribution in [0.2, 0.25) is 25.2 Å². The molecule has 0 aliphatic heterocycles. The Balaban J connectivity index is 1.47.